The van der Waals surface area contributed by atoms with Crippen molar-refractivity contribution in [1.29, 1.82) is 0 Å². The molecule has 3 rings (SSSR count). The van der Waals surface area contributed by atoms with Crippen LogP contribution in [0.25, 0.3) is 22.6 Å². The number of fused-ring (bicyclic) bond motifs is 1. The first-order valence-corrected chi connectivity index (χ1v) is 6.71. The number of H-pyrrole nitrogens is 1. The Morgan fingerprint density at radius 3 is 2.52 bits per heavy atom. The van der Waals surface area contributed by atoms with Gasteiger partial charge in [-0.25, -0.2) is 4.79 Å². The van der Waals surface area contributed by atoms with Gasteiger partial charge in [0, 0.05) is 22.7 Å². The van der Waals surface area contributed by atoms with Crippen molar-refractivity contribution in [3.63, 3.8) is 0 Å². The normalized spacial score (nSPS) is 11.6. The molecule has 0 atom stereocenters. The Balaban J connectivity index is 2.14. The van der Waals surface area contributed by atoms with Crippen LogP contribution < -0.4 is 0 Å². The van der Waals surface area contributed by atoms with E-state index in [-0.39, 0.29) is 5.97 Å². The summed E-state index contributed by atoms with van der Waals surface area (Å²) >= 11 is 0. The molecule has 104 valence electrons. The summed E-state index contributed by atoms with van der Waals surface area (Å²) in [5.41, 5.74) is 3.40. The molecule has 1 heterocycles. The largest absolute Gasteiger partial charge is 0.465 e. The summed E-state index contributed by atoms with van der Waals surface area (Å²) < 4.78 is 4.91. The average molecular weight is 277 g/mol. The zero-order valence-corrected chi connectivity index (χ0v) is 11.7. The van der Waals surface area contributed by atoms with E-state index in [9.17, 15) is 4.79 Å². The molecular formula is C18H15NO2. The Bertz CT molecular complexity index is 800. The second-order valence-electron chi connectivity index (χ2n) is 4.71. The number of hydrogen-bond acceptors (Lipinski definition) is 2. The van der Waals surface area contributed by atoms with Gasteiger partial charge in [0.25, 0.3) is 0 Å². The minimum Gasteiger partial charge on any atom is -0.465 e. The van der Waals surface area contributed by atoms with Crippen LogP contribution in [0.1, 0.15) is 11.1 Å². The third kappa shape index (κ3) is 2.58. The summed E-state index contributed by atoms with van der Waals surface area (Å²) in [7, 11) is 1.40. The van der Waals surface area contributed by atoms with Crippen molar-refractivity contribution in [2.24, 2.45) is 0 Å². The fraction of sp³-hybridized carbons (Fsp3) is 0.0556. The molecule has 0 bridgehead atoms. The topological polar surface area (TPSA) is 42.1 Å². The van der Waals surface area contributed by atoms with Crippen molar-refractivity contribution >= 4 is 28.5 Å². The SMILES string of the molecule is COC(=O)/C(=C/c1c[nH]c2ccccc12)c1ccccc1. The fourth-order valence-electron chi connectivity index (χ4n) is 2.36. The molecule has 1 aromatic heterocycles. The van der Waals surface area contributed by atoms with Crippen molar-refractivity contribution in [2.75, 3.05) is 7.11 Å². The Hall–Kier alpha value is -2.81. The number of nitrogens with one attached hydrogen (secondary N) is 1. The van der Waals surface area contributed by atoms with Gasteiger partial charge in [-0.3, -0.25) is 0 Å². The summed E-state index contributed by atoms with van der Waals surface area (Å²) in [6.07, 6.45) is 3.76. The molecule has 0 spiro atoms. The highest BCUT2D eigenvalue weighted by molar-refractivity contribution is 6.22. The van der Waals surface area contributed by atoms with Gasteiger partial charge in [-0.1, -0.05) is 48.5 Å². The Morgan fingerprint density at radius 1 is 1.05 bits per heavy atom. The van der Waals surface area contributed by atoms with Crippen LogP contribution in [0.4, 0.5) is 0 Å². The molecule has 0 aliphatic carbocycles. The van der Waals surface area contributed by atoms with E-state index < -0.39 is 0 Å². The fourth-order valence-corrected chi connectivity index (χ4v) is 2.36. The lowest BCUT2D eigenvalue weighted by molar-refractivity contribution is -0.133. The molecule has 0 saturated carbocycles. The van der Waals surface area contributed by atoms with Crippen LogP contribution in [0, 0.1) is 0 Å². The first kappa shape index (κ1) is 13.2. The number of carbonyl (C=O) groups excluding carboxylic acids is 1. The Labute approximate surface area is 122 Å². The smallest absolute Gasteiger partial charge is 0.338 e. The number of aromatic amines is 1. The van der Waals surface area contributed by atoms with E-state index in [0.717, 1.165) is 22.0 Å². The monoisotopic (exact) mass is 277 g/mol. The van der Waals surface area contributed by atoms with Crippen molar-refractivity contribution in [2.45, 2.75) is 0 Å². The van der Waals surface area contributed by atoms with Crippen molar-refractivity contribution in [3.8, 4) is 0 Å². The maximum atomic E-state index is 12.1. The molecule has 0 aliphatic heterocycles. The predicted octanol–water partition coefficient (Wildman–Crippen LogP) is 3.88. The third-order valence-electron chi connectivity index (χ3n) is 3.41. The average Bonchev–Trinajstić information content (AvgIpc) is 2.96. The number of methoxy groups -OCH3 is 1. The number of carbonyl (C=O) groups is 1. The predicted molar refractivity (Wildman–Crippen MR) is 84.6 cm³/mol. The maximum Gasteiger partial charge on any atom is 0.338 e. The lowest BCUT2D eigenvalue weighted by Crippen LogP contribution is -2.03. The second kappa shape index (κ2) is 5.67. The van der Waals surface area contributed by atoms with Crippen LogP contribution in [0.15, 0.2) is 60.8 Å². The van der Waals surface area contributed by atoms with Crippen LogP contribution in [0.2, 0.25) is 0 Å². The quantitative estimate of drug-likeness (QED) is 0.583. The minimum atomic E-state index is -0.341. The molecule has 0 fully saturated rings. The molecule has 2 aromatic carbocycles. The lowest BCUT2D eigenvalue weighted by atomic mass is 10.0. The van der Waals surface area contributed by atoms with Gasteiger partial charge >= 0.3 is 5.97 Å². The van der Waals surface area contributed by atoms with Crippen LogP contribution in [-0.2, 0) is 9.53 Å². The van der Waals surface area contributed by atoms with E-state index in [4.69, 9.17) is 4.74 Å². The van der Waals surface area contributed by atoms with Crippen molar-refractivity contribution < 1.29 is 9.53 Å². The number of benzene rings is 2. The first-order chi connectivity index (χ1) is 10.3. The van der Waals surface area contributed by atoms with E-state index in [0.29, 0.717) is 5.57 Å². The number of rotatable bonds is 3. The van der Waals surface area contributed by atoms with Gasteiger partial charge in [0.2, 0.25) is 0 Å². The van der Waals surface area contributed by atoms with Crippen LogP contribution >= 0.6 is 0 Å². The van der Waals surface area contributed by atoms with Gasteiger partial charge in [-0.2, -0.15) is 0 Å². The van der Waals surface area contributed by atoms with Gasteiger partial charge in [0.1, 0.15) is 0 Å². The second-order valence-corrected chi connectivity index (χ2v) is 4.71. The summed E-state index contributed by atoms with van der Waals surface area (Å²) in [5, 5.41) is 1.08. The molecule has 0 amide bonds. The zero-order valence-electron chi connectivity index (χ0n) is 11.7. The highest BCUT2D eigenvalue weighted by atomic mass is 16.5. The summed E-state index contributed by atoms with van der Waals surface area (Å²) in [6.45, 7) is 0. The Morgan fingerprint density at radius 2 is 1.76 bits per heavy atom. The number of ether oxygens (including phenoxy) is 1. The van der Waals surface area contributed by atoms with E-state index in [2.05, 4.69) is 4.98 Å². The zero-order chi connectivity index (χ0) is 14.7. The van der Waals surface area contributed by atoms with E-state index >= 15 is 0 Å². The number of hydrogen-bond donors (Lipinski definition) is 1. The molecule has 3 heteroatoms. The molecular weight excluding hydrogens is 262 g/mol. The molecule has 21 heavy (non-hydrogen) atoms. The standard InChI is InChI=1S/C18H15NO2/c1-21-18(20)16(13-7-3-2-4-8-13)11-14-12-19-17-10-6-5-9-15(14)17/h2-12,19H,1H3/b16-11+. The number of aromatic nitrogens is 1. The molecule has 0 unspecified atom stereocenters. The molecule has 0 saturated heterocycles. The molecule has 1 N–H and O–H groups in total. The lowest BCUT2D eigenvalue weighted by Gasteiger charge is -2.05. The van der Waals surface area contributed by atoms with Gasteiger partial charge < -0.3 is 9.72 Å². The van der Waals surface area contributed by atoms with E-state index in [1.54, 1.807) is 0 Å². The number of para-hydroxylation sites is 1. The van der Waals surface area contributed by atoms with E-state index in [1.165, 1.54) is 7.11 Å². The Kier molecular flexibility index (Phi) is 3.56. The number of esters is 1. The molecule has 3 nitrogen and oxygen atoms in total. The maximum absolute atomic E-state index is 12.1. The van der Waals surface area contributed by atoms with Gasteiger partial charge in [-0.05, 0) is 17.7 Å². The van der Waals surface area contributed by atoms with Crippen LogP contribution in [0.5, 0.6) is 0 Å². The summed E-state index contributed by atoms with van der Waals surface area (Å²) in [5.74, 6) is -0.341. The van der Waals surface area contributed by atoms with Crippen molar-refractivity contribution in [3.05, 3.63) is 71.9 Å². The van der Waals surface area contributed by atoms with Crippen LogP contribution in [-0.4, -0.2) is 18.1 Å². The highest BCUT2D eigenvalue weighted by Gasteiger charge is 2.13. The molecule has 0 aliphatic rings. The summed E-state index contributed by atoms with van der Waals surface area (Å²) in [6, 6.07) is 17.5. The summed E-state index contributed by atoms with van der Waals surface area (Å²) in [4.78, 5) is 15.3. The van der Waals surface area contributed by atoms with Crippen LogP contribution in [0.3, 0.4) is 0 Å². The van der Waals surface area contributed by atoms with Gasteiger partial charge in [-0.15, -0.1) is 0 Å². The molecule has 3 aromatic rings. The molecule has 0 radical (unpaired) electrons. The first-order valence-electron chi connectivity index (χ1n) is 6.71. The van der Waals surface area contributed by atoms with Gasteiger partial charge in [0.15, 0.2) is 0 Å². The third-order valence-corrected chi connectivity index (χ3v) is 3.41. The van der Waals surface area contributed by atoms with Gasteiger partial charge in [0.05, 0.1) is 12.7 Å². The minimum absolute atomic E-state index is 0.341. The van der Waals surface area contributed by atoms with E-state index in [1.807, 2.05) is 66.9 Å². The van der Waals surface area contributed by atoms with Crippen molar-refractivity contribution in [1.82, 2.24) is 4.98 Å². The highest BCUT2D eigenvalue weighted by Crippen LogP contribution is 2.24.